The van der Waals surface area contributed by atoms with Crippen molar-refractivity contribution in [2.24, 2.45) is 0 Å². The molecular formula is C18H24N2O2S. The molecule has 2 aromatic carbocycles. The number of likely N-dealkylation sites (N-methyl/N-ethyl adjacent to an activating group) is 1. The maximum Gasteiger partial charge on any atom is 0.240 e. The second kappa shape index (κ2) is 7.25. The van der Waals surface area contributed by atoms with Gasteiger partial charge in [0.2, 0.25) is 10.0 Å². The SMILES string of the molecule is Cc1ccc(C)c(S(=O)(=O)NC[C@H](c2ccccc2)N(C)C)c1. The van der Waals surface area contributed by atoms with Gasteiger partial charge in [-0.3, -0.25) is 0 Å². The zero-order valence-corrected chi connectivity index (χ0v) is 14.9. The van der Waals surface area contributed by atoms with Crippen molar-refractivity contribution in [3.05, 3.63) is 65.2 Å². The van der Waals surface area contributed by atoms with E-state index in [0.717, 1.165) is 16.7 Å². The molecule has 5 heteroatoms. The van der Waals surface area contributed by atoms with E-state index in [9.17, 15) is 8.42 Å². The largest absolute Gasteiger partial charge is 0.301 e. The summed E-state index contributed by atoms with van der Waals surface area (Å²) in [4.78, 5) is 2.36. The summed E-state index contributed by atoms with van der Waals surface area (Å²) in [6, 6.07) is 15.4. The number of benzene rings is 2. The van der Waals surface area contributed by atoms with Crippen LogP contribution in [0.1, 0.15) is 22.7 Å². The van der Waals surface area contributed by atoms with Gasteiger partial charge in [0.15, 0.2) is 0 Å². The highest BCUT2D eigenvalue weighted by atomic mass is 32.2. The van der Waals surface area contributed by atoms with Crippen LogP contribution in [0.5, 0.6) is 0 Å². The van der Waals surface area contributed by atoms with E-state index in [0.29, 0.717) is 11.4 Å². The van der Waals surface area contributed by atoms with Gasteiger partial charge in [-0.15, -0.1) is 0 Å². The Balaban J connectivity index is 2.22. The molecular weight excluding hydrogens is 308 g/mol. The first-order valence-corrected chi connectivity index (χ1v) is 9.08. The Bertz CT molecular complexity index is 756. The van der Waals surface area contributed by atoms with Crippen LogP contribution in [0.2, 0.25) is 0 Å². The fourth-order valence-corrected chi connectivity index (χ4v) is 3.90. The third-order valence-corrected chi connectivity index (χ3v) is 5.47. The smallest absolute Gasteiger partial charge is 0.240 e. The van der Waals surface area contributed by atoms with Crippen LogP contribution in [-0.4, -0.2) is 34.0 Å². The summed E-state index contributed by atoms with van der Waals surface area (Å²) in [6.45, 7) is 4.03. The van der Waals surface area contributed by atoms with Crippen LogP contribution in [0.4, 0.5) is 0 Å². The Labute approximate surface area is 139 Å². The predicted octanol–water partition coefficient (Wildman–Crippen LogP) is 2.88. The molecule has 2 rings (SSSR count). The van der Waals surface area contributed by atoms with E-state index < -0.39 is 10.0 Å². The lowest BCUT2D eigenvalue weighted by Gasteiger charge is -2.25. The summed E-state index contributed by atoms with van der Waals surface area (Å²) in [5.74, 6) is 0. The standard InChI is InChI=1S/C18H24N2O2S/c1-14-10-11-15(2)18(12-14)23(21,22)19-13-17(20(3)4)16-8-6-5-7-9-16/h5-12,17,19H,13H2,1-4H3/t17-/m1/s1. The Morgan fingerprint density at radius 3 is 2.30 bits per heavy atom. The molecule has 23 heavy (non-hydrogen) atoms. The van der Waals surface area contributed by atoms with Gasteiger partial charge in [0, 0.05) is 12.6 Å². The van der Waals surface area contributed by atoms with E-state index in [2.05, 4.69) is 4.72 Å². The number of rotatable bonds is 6. The molecule has 2 aromatic rings. The normalized spacial score (nSPS) is 13.3. The molecule has 4 nitrogen and oxygen atoms in total. The molecule has 0 aliphatic rings. The van der Waals surface area contributed by atoms with Gasteiger partial charge in [0.05, 0.1) is 4.90 Å². The van der Waals surface area contributed by atoms with E-state index in [-0.39, 0.29) is 6.04 Å². The van der Waals surface area contributed by atoms with E-state index in [1.54, 1.807) is 6.07 Å². The van der Waals surface area contributed by atoms with E-state index in [1.807, 2.05) is 75.3 Å². The number of sulfonamides is 1. The molecule has 0 radical (unpaired) electrons. The molecule has 0 fully saturated rings. The van der Waals surface area contributed by atoms with Gasteiger partial charge in [0.1, 0.15) is 0 Å². The second-order valence-corrected chi connectivity index (χ2v) is 7.75. The molecule has 0 bridgehead atoms. The Morgan fingerprint density at radius 2 is 1.70 bits per heavy atom. The third-order valence-electron chi connectivity index (χ3n) is 3.91. The molecule has 0 saturated heterocycles. The summed E-state index contributed by atoms with van der Waals surface area (Å²) in [6.07, 6.45) is 0. The molecule has 0 saturated carbocycles. The van der Waals surface area contributed by atoms with E-state index >= 15 is 0 Å². The molecule has 124 valence electrons. The van der Waals surface area contributed by atoms with Crippen LogP contribution >= 0.6 is 0 Å². The summed E-state index contributed by atoms with van der Waals surface area (Å²) in [5.41, 5.74) is 2.77. The summed E-state index contributed by atoms with van der Waals surface area (Å²) >= 11 is 0. The van der Waals surface area contributed by atoms with Gasteiger partial charge in [-0.2, -0.15) is 0 Å². The minimum atomic E-state index is -3.53. The maximum absolute atomic E-state index is 12.6. The molecule has 0 amide bonds. The Hall–Kier alpha value is -1.69. The van der Waals surface area contributed by atoms with Gasteiger partial charge < -0.3 is 4.90 Å². The lowest BCUT2D eigenvalue weighted by atomic mass is 10.1. The van der Waals surface area contributed by atoms with Crippen molar-refractivity contribution in [3.8, 4) is 0 Å². The average Bonchev–Trinajstić information content (AvgIpc) is 2.50. The van der Waals surface area contributed by atoms with Gasteiger partial charge in [0.25, 0.3) is 0 Å². The lowest BCUT2D eigenvalue weighted by Crippen LogP contribution is -2.34. The number of nitrogens with zero attached hydrogens (tertiary/aromatic N) is 1. The van der Waals surface area contributed by atoms with Gasteiger partial charge in [-0.1, -0.05) is 42.5 Å². The molecule has 0 heterocycles. The molecule has 0 unspecified atom stereocenters. The highest BCUT2D eigenvalue weighted by molar-refractivity contribution is 7.89. The summed E-state index contributed by atoms with van der Waals surface area (Å²) < 4.78 is 28.0. The minimum absolute atomic E-state index is 0.0175. The maximum atomic E-state index is 12.6. The third kappa shape index (κ3) is 4.41. The van der Waals surface area contributed by atoms with Crippen molar-refractivity contribution in [1.82, 2.24) is 9.62 Å². The number of hydrogen-bond acceptors (Lipinski definition) is 3. The first-order chi connectivity index (χ1) is 10.8. The highest BCUT2D eigenvalue weighted by Gasteiger charge is 2.21. The Morgan fingerprint density at radius 1 is 1.04 bits per heavy atom. The zero-order chi connectivity index (χ0) is 17.0. The van der Waals surface area contributed by atoms with Gasteiger partial charge in [-0.25, -0.2) is 13.1 Å². The fraction of sp³-hybridized carbons (Fsp3) is 0.333. The summed E-state index contributed by atoms with van der Waals surface area (Å²) in [5, 5.41) is 0. The van der Waals surface area contributed by atoms with Crippen molar-refractivity contribution in [2.75, 3.05) is 20.6 Å². The average molecular weight is 332 g/mol. The van der Waals surface area contributed by atoms with Crippen LogP contribution in [0.3, 0.4) is 0 Å². The summed E-state index contributed by atoms with van der Waals surface area (Å²) in [7, 11) is 0.370. The molecule has 0 aliphatic carbocycles. The molecule has 1 N–H and O–H groups in total. The molecule has 0 aromatic heterocycles. The van der Waals surface area contributed by atoms with Crippen LogP contribution in [0.15, 0.2) is 53.4 Å². The number of nitrogens with one attached hydrogen (secondary N) is 1. The number of aryl methyl sites for hydroxylation is 2. The van der Waals surface area contributed by atoms with Crippen LogP contribution in [0.25, 0.3) is 0 Å². The quantitative estimate of drug-likeness (QED) is 0.885. The first kappa shape index (κ1) is 17.7. The van der Waals surface area contributed by atoms with Crippen molar-refractivity contribution >= 4 is 10.0 Å². The fourth-order valence-electron chi connectivity index (χ4n) is 2.54. The first-order valence-electron chi connectivity index (χ1n) is 7.59. The van der Waals surface area contributed by atoms with E-state index in [1.165, 1.54) is 0 Å². The topological polar surface area (TPSA) is 49.4 Å². The monoisotopic (exact) mass is 332 g/mol. The minimum Gasteiger partial charge on any atom is -0.301 e. The number of hydrogen-bond donors (Lipinski definition) is 1. The van der Waals surface area contributed by atoms with Crippen molar-refractivity contribution in [2.45, 2.75) is 24.8 Å². The van der Waals surface area contributed by atoms with E-state index in [4.69, 9.17) is 0 Å². The van der Waals surface area contributed by atoms with Crippen molar-refractivity contribution in [3.63, 3.8) is 0 Å². The predicted molar refractivity (Wildman–Crippen MR) is 94.0 cm³/mol. The van der Waals surface area contributed by atoms with Gasteiger partial charge >= 0.3 is 0 Å². The molecule has 1 atom stereocenters. The molecule has 0 spiro atoms. The van der Waals surface area contributed by atoms with Gasteiger partial charge in [-0.05, 0) is 50.7 Å². The highest BCUT2D eigenvalue weighted by Crippen LogP contribution is 2.20. The molecule has 0 aliphatic heterocycles. The Kier molecular flexibility index (Phi) is 5.57. The lowest BCUT2D eigenvalue weighted by molar-refractivity contribution is 0.299. The zero-order valence-electron chi connectivity index (χ0n) is 14.1. The van der Waals surface area contributed by atoms with Crippen LogP contribution in [-0.2, 0) is 10.0 Å². The van der Waals surface area contributed by atoms with Crippen molar-refractivity contribution in [1.29, 1.82) is 0 Å². The van der Waals surface area contributed by atoms with Crippen LogP contribution in [0, 0.1) is 13.8 Å². The van der Waals surface area contributed by atoms with Crippen LogP contribution < -0.4 is 4.72 Å². The van der Waals surface area contributed by atoms with Crippen molar-refractivity contribution < 1.29 is 8.42 Å². The second-order valence-electron chi connectivity index (χ2n) is 6.01.